The van der Waals surface area contributed by atoms with Gasteiger partial charge in [-0.15, -0.1) is 0 Å². The molecule has 0 heterocycles. The molecule has 2 rings (SSSR count). The van der Waals surface area contributed by atoms with Crippen molar-refractivity contribution < 1.29 is 45.0 Å². The molecule has 166 valence electrons. The molecule has 0 bridgehead atoms. The number of benzene rings is 2. The third-order valence-electron chi connectivity index (χ3n) is 3.81. The van der Waals surface area contributed by atoms with Crippen LogP contribution in [0, 0.1) is 49.3 Å². The summed E-state index contributed by atoms with van der Waals surface area (Å²) < 4.78 is 96.9. The lowest BCUT2D eigenvalue weighted by atomic mass is 10.1. The van der Waals surface area contributed by atoms with Crippen LogP contribution in [0.15, 0.2) is 23.2 Å². The molecule has 2 aromatic carbocycles. The molecule has 0 aliphatic rings. The second-order valence-corrected chi connectivity index (χ2v) is 7.68. The first kappa shape index (κ1) is 23.7. The number of hydrogen-bond acceptors (Lipinski definition) is 7. The minimum atomic E-state index is -5.08. The van der Waals surface area contributed by atoms with E-state index in [0.29, 0.717) is 0 Å². The van der Waals surface area contributed by atoms with Gasteiger partial charge in [-0.2, -0.15) is 0 Å². The average Bonchev–Trinajstić information content (AvgIpc) is 2.69. The van der Waals surface area contributed by atoms with Crippen molar-refractivity contribution in [2.45, 2.75) is 5.75 Å². The normalized spacial score (nSPS) is 12.0. The highest BCUT2D eigenvalue weighted by Gasteiger charge is 2.33. The first-order chi connectivity index (χ1) is 14.3. The minimum absolute atomic E-state index is 0.252. The SMILES string of the molecule is COc1ccc(CS(=O)(=O)C(=Cc2c(F)c(F)c(F)c(F)c2F)[N+](=O)[O-])cc1[N+](=O)[O-]. The van der Waals surface area contributed by atoms with Crippen molar-refractivity contribution in [3.8, 4) is 5.75 Å². The van der Waals surface area contributed by atoms with E-state index in [4.69, 9.17) is 4.74 Å². The summed E-state index contributed by atoms with van der Waals surface area (Å²) in [6, 6.07) is 2.74. The standard InChI is InChI=1S/C16H9F5N2O7S/c1-30-10-3-2-7(4-9(10)22(24)25)6-31(28,29)11(23(26)27)5-8-12(17)14(19)16(21)15(20)13(8)18/h2-5H,6H2,1H3. The molecule has 0 N–H and O–H groups in total. The molecule has 31 heavy (non-hydrogen) atoms. The van der Waals surface area contributed by atoms with Crippen LogP contribution in [0.2, 0.25) is 0 Å². The Morgan fingerprint density at radius 2 is 1.52 bits per heavy atom. The summed E-state index contributed by atoms with van der Waals surface area (Å²) in [6.45, 7) is 0. The zero-order chi connectivity index (χ0) is 23.7. The molecule has 9 nitrogen and oxygen atoms in total. The Hall–Kier alpha value is -3.62. The zero-order valence-corrected chi connectivity index (χ0v) is 15.9. The van der Waals surface area contributed by atoms with Crippen molar-refractivity contribution in [3.05, 3.63) is 83.7 Å². The summed E-state index contributed by atoms with van der Waals surface area (Å²) in [5, 5.41) is 20.3. The van der Waals surface area contributed by atoms with Crippen LogP contribution >= 0.6 is 0 Å². The van der Waals surface area contributed by atoms with Crippen LogP contribution in [-0.2, 0) is 15.6 Å². The van der Waals surface area contributed by atoms with Crippen molar-refractivity contribution in [2.24, 2.45) is 0 Å². The van der Waals surface area contributed by atoms with E-state index in [1.165, 1.54) is 0 Å². The van der Waals surface area contributed by atoms with Crippen LogP contribution in [0.3, 0.4) is 0 Å². The molecule has 2 aromatic rings. The number of sulfone groups is 1. The van der Waals surface area contributed by atoms with Crippen LogP contribution < -0.4 is 4.74 Å². The maximum absolute atomic E-state index is 13.8. The molecule has 0 aliphatic carbocycles. The van der Waals surface area contributed by atoms with E-state index >= 15 is 0 Å². The summed E-state index contributed by atoms with van der Waals surface area (Å²) in [7, 11) is -3.98. The highest BCUT2D eigenvalue weighted by molar-refractivity contribution is 7.94. The van der Waals surface area contributed by atoms with Crippen molar-refractivity contribution >= 4 is 21.6 Å². The van der Waals surface area contributed by atoms with Crippen LogP contribution in [0.25, 0.3) is 6.08 Å². The van der Waals surface area contributed by atoms with Gasteiger partial charge in [-0.25, -0.2) is 30.4 Å². The van der Waals surface area contributed by atoms with Gasteiger partial charge in [-0.1, -0.05) is 6.07 Å². The Morgan fingerprint density at radius 3 is 1.97 bits per heavy atom. The maximum Gasteiger partial charge on any atom is 0.360 e. The fourth-order valence-corrected chi connectivity index (χ4v) is 3.68. The van der Waals surface area contributed by atoms with E-state index in [-0.39, 0.29) is 17.4 Å². The largest absolute Gasteiger partial charge is 0.490 e. The molecular weight excluding hydrogens is 459 g/mol. The van der Waals surface area contributed by atoms with Gasteiger partial charge in [0, 0.05) is 12.1 Å². The predicted octanol–water partition coefficient (Wildman–Crippen LogP) is 3.49. The fourth-order valence-electron chi connectivity index (χ4n) is 2.39. The summed E-state index contributed by atoms with van der Waals surface area (Å²) >= 11 is 0. The van der Waals surface area contributed by atoms with Crippen molar-refractivity contribution in [1.29, 1.82) is 0 Å². The van der Waals surface area contributed by atoms with Gasteiger partial charge < -0.3 is 4.74 Å². The molecule has 0 aliphatic heterocycles. The van der Waals surface area contributed by atoms with Crippen LogP contribution in [0.5, 0.6) is 5.75 Å². The van der Waals surface area contributed by atoms with E-state index in [0.717, 1.165) is 25.3 Å². The number of nitro benzene ring substituents is 1. The highest BCUT2D eigenvalue weighted by Crippen LogP contribution is 2.30. The molecule has 0 aromatic heterocycles. The van der Waals surface area contributed by atoms with Crippen molar-refractivity contribution in [3.63, 3.8) is 0 Å². The lowest BCUT2D eigenvalue weighted by molar-refractivity contribution is -0.410. The highest BCUT2D eigenvalue weighted by atomic mass is 32.2. The number of rotatable bonds is 7. The molecule has 0 atom stereocenters. The molecule has 0 unspecified atom stereocenters. The number of nitrogens with zero attached hydrogens (tertiary/aromatic N) is 2. The molecule has 15 heteroatoms. The van der Waals surface area contributed by atoms with Gasteiger partial charge in [0.15, 0.2) is 29.0 Å². The van der Waals surface area contributed by atoms with E-state index < -0.39 is 70.8 Å². The van der Waals surface area contributed by atoms with Crippen molar-refractivity contribution in [1.82, 2.24) is 0 Å². The molecule has 0 fully saturated rings. The third-order valence-corrected chi connectivity index (χ3v) is 5.42. The Morgan fingerprint density at radius 1 is 1.00 bits per heavy atom. The molecule has 0 saturated heterocycles. The minimum Gasteiger partial charge on any atom is -0.490 e. The molecular formula is C16H9F5N2O7S. The molecule has 0 saturated carbocycles. The molecule has 0 radical (unpaired) electrons. The molecule has 0 amide bonds. The predicted molar refractivity (Wildman–Crippen MR) is 93.5 cm³/mol. The van der Waals surface area contributed by atoms with Gasteiger partial charge >= 0.3 is 10.7 Å². The third kappa shape index (κ3) is 4.60. The Balaban J connectivity index is 2.62. The lowest BCUT2D eigenvalue weighted by Gasteiger charge is -2.07. The smallest absolute Gasteiger partial charge is 0.360 e. The zero-order valence-electron chi connectivity index (χ0n) is 15.1. The second-order valence-electron chi connectivity index (χ2n) is 5.75. The summed E-state index contributed by atoms with van der Waals surface area (Å²) in [6.07, 6.45) is -0.316. The van der Waals surface area contributed by atoms with Gasteiger partial charge in [0.05, 0.1) is 28.3 Å². The topological polar surface area (TPSA) is 130 Å². The van der Waals surface area contributed by atoms with Gasteiger partial charge in [-0.05, 0) is 11.6 Å². The number of halogens is 5. The van der Waals surface area contributed by atoms with Gasteiger partial charge in [0.1, 0.15) is 0 Å². The van der Waals surface area contributed by atoms with E-state index in [1.54, 1.807) is 0 Å². The lowest BCUT2D eigenvalue weighted by Crippen LogP contribution is -2.15. The number of hydrogen-bond donors (Lipinski definition) is 0. The van der Waals surface area contributed by atoms with E-state index in [2.05, 4.69) is 0 Å². The Labute approximate surface area is 169 Å². The Bertz CT molecular complexity index is 1200. The number of ether oxygens (including phenoxy) is 1. The first-order valence-corrected chi connectivity index (χ1v) is 9.38. The summed E-state index contributed by atoms with van der Waals surface area (Å²) in [4.78, 5) is 19.7. The maximum atomic E-state index is 13.8. The summed E-state index contributed by atoms with van der Waals surface area (Å²) in [5.74, 6) is -13.9. The number of nitro groups is 2. The second kappa shape index (κ2) is 8.63. The Kier molecular flexibility index (Phi) is 6.58. The van der Waals surface area contributed by atoms with Gasteiger partial charge in [0.25, 0.3) is 0 Å². The van der Waals surface area contributed by atoms with Crippen molar-refractivity contribution in [2.75, 3.05) is 7.11 Å². The summed E-state index contributed by atoms with van der Waals surface area (Å²) in [5.41, 5.74) is -2.87. The van der Waals surface area contributed by atoms with E-state index in [1.807, 2.05) is 0 Å². The quantitative estimate of drug-likeness (QED) is 0.200. The van der Waals surface area contributed by atoms with Crippen LogP contribution in [0.4, 0.5) is 27.6 Å². The monoisotopic (exact) mass is 468 g/mol. The fraction of sp³-hybridized carbons (Fsp3) is 0.125. The van der Waals surface area contributed by atoms with Gasteiger partial charge in [-0.3, -0.25) is 20.2 Å². The van der Waals surface area contributed by atoms with Crippen LogP contribution in [0.1, 0.15) is 11.1 Å². The number of methoxy groups -OCH3 is 1. The van der Waals surface area contributed by atoms with Crippen LogP contribution in [-0.4, -0.2) is 25.4 Å². The van der Waals surface area contributed by atoms with Gasteiger partial charge in [0.2, 0.25) is 15.7 Å². The first-order valence-electron chi connectivity index (χ1n) is 7.73. The van der Waals surface area contributed by atoms with E-state index in [9.17, 15) is 50.6 Å². The molecule has 0 spiro atoms. The average molecular weight is 468 g/mol.